The first-order valence-electron chi connectivity index (χ1n) is 6.58. The van der Waals surface area contributed by atoms with E-state index < -0.39 is 0 Å². The van der Waals surface area contributed by atoms with Gasteiger partial charge < -0.3 is 10.1 Å². The van der Waals surface area contributed by atoms with Gasteiger partial charge in [0.2, 0.25) is 0 Å². The highest BCUT2D eigenvalue weighted by Crippen LogP contribution is 2.19. The molecule has 94 valence electrons. The summed E-state index contributed by atoms with van der Waals surface area (Å²) in [6, 6.07) is 6.95. The van der Waals surface area contributed by atoms with Crippen molar-refractivity contribution in [3.05, 3.63) is 30.1 Å². The molecule has 0 aromatic carbocycles. The molecule has 1 aromatic heterocycles. The first kappa shape index (κ1) is 12.5. The SMILES string of the molecule is CCC1CC(NC(C)c2ccccn2)CCO1. The van der Waals surface area contributed by atoms with Crippen molar-refractivity contribution < 1.29 is 4.74 Å². The van der Waals surface area contributed by atoms with Gasteiger partial charge in [-0.25, -0.2) is 0 Å². The van der Waals surface area contributed by atoms with Crippen molar-refractivity contribution in [1.82, 2.24) is 10.3 Å². The average Bonchev–Trinajstić information content (AvgIpc) is 2.40. The van der Waals surface area contributed by atoms with Crippen LogP contribution in [0.1, 0.15) is 44.8 Å². The average molecular weight is 234 g/mol. The summed E-state index contributed by atoms with van der Waals surface area (Å²) in [4.78, 5) is 4.39. The van der Waals surface area contributed by atoms with Crippen LogP contribution in [0, 0.1) is 0 Å². The maximum absolute atomic E-state index is 5.69. The number of hydrogen-bond acceptors (Lipinski definition) is 3. The van der Waals surface area contributed by atoms with Crippen LogP contribution in [-0.2, 0) is 4.74 Å². The van der Waals surface area contributed by atoms with Crippen LogP contribution in [0.25, 0.3) is 0 Å². The monoisotopic (exact) mass is 234 g/mol. The summed E-state index contributed by atoms with van der Waals surface area (Å²) in [6.45, 7) is 5.25. The summed E-state index contributed by atoms with van der Waals surface area (Å²) < 4.78 is 5.69. The highest BCUT2D eigenvalue weighted by Gasteiger charge is 2.22. The molecule has 0 saturated carbocycles. The lowest BCUT2D eigenvalue weighted by molar-refractivity contribution is -0.00173. The van der Waals surface area contributed by atoms with Crippen LogP contribution in [0.15, 0.2) is 24.4 Å². The molecule has 1 aromatic rings. The van der Waals surface area contributed by atoms with Gasteiger partial charge in [0, 0.05) is 24.9 Å². The second-order valence-electron chi connectivity index (χ2n) is 4.77. The number of nitrogens with one attached hydrogen (secondary N) is 1. The molecule has 3 nitrogen and oxygen atoms in total. The van der Waals surface area contributed by atoms with E-state index in [-0.39, 0.29) is 0 Å². The van der Waals surface area contributed by atoms with Gasteiger partial charge in [-0.2, -0.15) is 0 Å². The van der Waals surface area contributed by atoms with Crippen LogP contribution in [0.5, 0.6) is 0 Å². The Labute approximate surface area is 104 Å². The zero-order valence-electron chi connectivity index (χ0n) is 10.7. The largest absolute Gasteiger partial charge is 0.378 e. The summed E-state index contributed by atoms with van der Waals surface area (Å²) in [5.74, 6) is 0. The van der Waals surface area contributed by atoms with Gasteiger partial charge in [0.1, 0.15) is 0 Å². The van der Waals surface area contributed by atoms with E-state index in [1.165, 1.54) is 0 Å². The Balaban J connectivity index is 1.88. The van der Waals surface area contributed by atoms with Crippen molar-refractivity contribution in [3.63, 3.8) is 0 Å². The number of nitrogens with zero attached hydrogens (tertiary/aromatic N) is 1. The topological polar surface area (TPSA) is 34.2 Å². The predicted octanol–water partition coefficient (Wildman–Crippen LogP) is 2.69. The van der Waals surface area contributed by atoms with Gasteiger partial charge in [-0.05, 0) is 38.3 Å². The Bertz CT molecular complexity index is 328. The van der Waals surface area contributed by atoms with Crippen molar-refractivity contribution in [2.24, 2.45) is 0 Å². The van der Waals surface area contributed by atoms with E-state index in [0.717, 1.165) is 31.6 Å². The van der Waals surface area contributed by atoms with Crippen LogP contribution in [0.2, 0.25) is 0 Å². The number of hydrogen-bond donors (Lipinski definition) is 1. The van der Waals surface area contributed by atoms with Crippen LogP contribution < -0.4 is 5.32 Å². The molecule has 1 N–H and O–H groups in total. The normalized spacial score (nSPS) is 26.7. The molecular weight excluding hydrogens is 212 g/mol. The second-order valence-corrected chi connectivity index (χ2v) is 4.77. The Hall–Kier alpha value is -0.930. The van der Waals surface area contributed by atoms with E-state index in [1.54, 1.807) is 0 Å². The van der Waals surface area contributed by atoms with Gasteiger partial charge in [0.15, 0.2) is 0 Å². The fourth-order valence-corrected chi connectivity index (χ4v) is 2.39. The number of ether oxygens (including phenoxy) is 1. The highest BCUT2D eigenvalue weighted by atomic mass is 16.5. The van der Waals surface area contributed by atoms with Crippen molar-refractivity contribution in [3.8, 4) is 0 Å². The lowest BCUT2D eigenvalue weighted by atomic mass is 10.0. The van der Waals surface area contributed by atoms with Gasteiger partial charge >= 0.3 is 0 Å². The van der Waals surface area contributed by atoms with Gasteiger partial charge in [0.05, 0.1) is 11.8 Å². The first-order chi connectivity index (χ1) is 8.29. The van der Waals surface area contributed by atoms with Gasteiger partial charge in [-0.3, -0.25) is 4.98 Å². The first-order valence-corrected chi connectivity index (χ1v) is 6.58. The molecule has 3 atom stereocenters. The molecule has 2 heterocycles. The molecule has 1 fully saturated rings. The molecule has 17 heavy (non-hydrogen) atoms. The van der Waals surface area contributed by atoms with Crippen LogP contribution in [0.3, 0.4) is 0 Å². The molecule has 0 aliphatic carbocycles. The molecule has 0 amide bonds. The van der Waals surface area contributed by atoms with Crippen molar-refractivity contribution in [1.29, 1.82) is 0 Å². The highest BCUT2D eigenvalue weighted by molar-refractivity contribution is 5.08. The number of pyridine rings is 1. The van der Waals surface area contributed by atoms with Crippen molar-refractivity contribution in [2.75, 3.05) is 6.61 Å². The van der Waals surface area contributed by atoms with Crippen LogP contribution in [-0.4, -0.2) is 23.7 Å². The van der Waals surface area contributed by atoms with Crippen molar-refractivity contribution >= 4 is 0 Å². The zero-order chi connectivity index (χ0) is 12.1. The predicted molar refractivity (Wildman–Crippen MR) is 68.8 cm³/mol. The summed E-state index contributed by atoms with van der Waals surface area (Å²) in [5.41, 5.74) is 1.12. The number of aromatic nitrogens is 1. The van der Waals surface area contributed by atoms with Crippen LogP contribution in [0.4, 0.5) is 0 Å². The second kappa shape index (κ2) is 6.12. The Kier molecular flexibility index (Phi) is 4.51. The molecule has 3 unspecified atom stereocenters. The molecule has 2 rings (SSSR count). The maximum atomic E-state index is 5.69. The summed E-state index contributed by atoms with van der Waals surface area (Å²) in [5, 5.41) is 3.66. The molecule has 0 radical (unpaired) electrons. The molecule has 1 aliphatic rings. The Morgan fingerprint density at radius 3 is 3.12 bits per heavy atom. The van der Waals surface area contributed by atoms with E-state index in [2.05, 4.69) is 30.2 Å². The minimum Gasteiger partial charge on any atom is -0.378 e. The van der Waals surface area contributed by atoms with Gasteiger partial charge in [0.25, 0.3) is 0 Å². The summed E-state index contributed by atoms with van der Waals surface area (Å²) in [7, 11) is 0. The van der Waals surface area contributed by atoms with Gasteiger partial charge in [-0.1, -0.05) is 13.0 Å². The molecular formula is C14H22N2O. The molecule has 0 spiro atoms. The smallest absolute Gasteiger partial charge is 0.0587 e. The molecule has 1 saturated heterocycles. The fourth-order valence-electron chi connectivity index (χ4n) is 2.39. The third-order valence-corrected chi connectivity index (χ3v) is 3.44. The van der Waals surface area contributed by atoms with E-state index >= 15 is 0 Å². The molecule has 3 heteroatoms. The minimum absolute atomic E-state index is 0.316. The van der Waals surface area contributed by atoms with Crippen molar-refractivity contribution in [2.45, 2.75) is 51.3 Å². The summed E-state index contributed by atoms with van der Waals surface area (Å²) >= 11 is 0. The van der Waals surface area contributed by atoms with E-state index in [9.17, 15) is 0 Å². The number of rotatable bonds is 4. The van der Waals surface area contributed by atoms with E-state index in [0.29, 0.717) is 18.2 Å². The molecule has 1 aliphatic heterocycles. The van der Waals surface area contributed by atoms with E-state index in [1.807, 2.05) is 18.3 Å². The summed E-state index contributed by atoms with van der Waals surface area (Å²) in [6.07, 6.45) is 5.61. The van der Waals surface area contributed by atoms with Gasteiger partial charge in [-0.15, -0.1) is 0 Å². The zero-order valence-corrected chi connectivity index (χ0v) is 10.7. The third-order valence-electron chi connectivity index (χ3n) is 3.44. The quantitative estimate of drug-likeness (QED) is 0.869. The minimum atomic E-state index is 0.316. The Morgan fingerprint density at radius 2 is 2.41 bits per heavy atom. The lowest BCUT2D eigenvalue weighted by Crippen LogP contribution is -2.40. The Morgan fingerprint density at radius 1 is 1.53 bits per heavy atom. The van der Waals surface area contributed by atoms with Crippen LogP contribution >= 0.6 is 0 Å². The fraction of sp³-hybridized carbons (Fsp3) is 0.643. The lowest BCUT2D eigenvalue weighted by Gasteiger charge is -2.31. The molecule has 0 bridgehead atoms. The standard InChI is InChI=1S/C14H22N2O/c1-3-13-10-12(7-9-17-13)16-11(2)14-6-4-5-8-15-14/h4-6,8,11-13,16H,3,7,9-10H2,1-2H3. The maximum Gasteiger partial charge on any atom is 0.0587 e. The third kappa shape index (κ3) is 3.51. The van der Waals surface area contributed by atoms with E-state index in [4.69, 9.17) is 4.74 Å².